The molecular formula is C34H48F2N4O4. The number of halogens is 2. The SMILES string of the molecule is CCN(c1cc(OC2CC(C3(C)CNCC(C)O3)C2)cc(C(=O)NCc2c(C)cc(C)[nH]c2=O)c1C)C1CCC(F)(F)CC1. The van der Waals surface area contributed by atoms with Gasteiger partial charge in [-0.05, 0) is 96.4 Å². The van der Waals surface area contributed by atoms with E-state index in [0.717, 1.165) is 48.4 Å². The molecule has 0 radical (unpaired) electrons. The van der Waals surface area contributed by atoms with Crippen LogP contribution in [0, 0.1) is 26.7 Å². The molecule has 5 rings (SSSR count). The fraction of sp³-hybridized carbons (Fsp3) is 0.647. The average Bonchev–Trinajstić information content (AvgIpc) is 2.92. The lowest BCUT2D eigenvalue weighted by atomic mass is 9.71. The van der Waals surface area contributed by atoms with Gasteiger partial charge in [0.15, 0.2) is 0 Å². The third kappa shape index (κ3) is 6.96. The molecule has 3 fully saturated rings. The number of hydrogen-bond acceptors (Lipinski definition) is 6. The van der Waals surface area contributed by atoms with Crippen molar-refractivity contribution in [2.45, 2.75) is 116 Å². The fourth-order valence-corrected chi connectivity index (χ4v) is 7.26. The second-order valence-electron chi connectivity index (χ2n) is 13.4. The zero-order chi connectivity index (χ0) is 31.8. The molecule has 10 heteroatoms. The van der Waals surface area contributed by atoms with Gasteiger partial charge in [0.2, 0.25) is 5.92 Å². The fourth-order valence-electron chi connectivity index (χ4n) is 7.26. The van der Waals surface area contributed by atoms with Crippen LogP contribution < -0.4 is 25.8 Å². The lowest BCUT2D eigenvalue weighted by molar-refractivity contribution is -0.163. The predicted molar refractivity (Wildman–Crippen MR) is 168 cm³/mol. The Bertz CT molecular complexity index is 1410. The molecule has 1 saturated heterocycles. The summed E-state index contributed by atoms with van der Waals surface area (Å²) in [6, 6.07) is 5.57. The number of aryl methyl sites for hydroxylation is 2. The molecule has 3 N–H and O–H groups in total. The Balaban J connectivity index is 1.39. The van der Waals surface area contributed by atoms with Crippen molar-refractivity contribution in [1.29, 1.82) is 0 Å². The topological polar surface area (TPSA) is 95.7 Å². The standard InChI is InChI=1S/C34H48F2N4O4/c1-7-40(25-8-10-34(35,36)11-9-25)30-16-27(43-26-13-24(14-26)33(6)19-37-17-22(4)44-33)15-28(23(30)5)31(41)38-18-29-20(2)12-21(3)39-32(29)42/h12,15-16,22,24-26,37H,7-11,13-14,17-19H2,1-6H3,(H,38,41)(H,39,42). The Morgan fingerprint density at radius 2 is 1.86 bits per heavy atom. The minimum Gasteiger partial charge on any atom is -0.490 e. The normalized spacial score (nSPS) is 27.0. The first-order valence-electron chi connectivity index (χ1n) is 16.1. The van der Waals surface area contributed by atoms with Gasteiger partial charge in [0.1, 0.15) is 5.75 Å². The summed E-state index contributed by atoms with van der Waals surface area (Å²) in [5.41, 5.74) is 3.67. The average molecular weight is 615 g/mol. The van der Waals surface area contributed by atoms with E-state index in [2.05, 4.69) is 34.4 Å². The molecule has 8 nitrogen and oxygen atoms in total. The number of nitrogens with zero attached hydrogens (tertiary/aromatic N) is 1. The van der Waals surface area contributed by atoms with E-state index >= 15 is 0 Å². The van der Waals surface area contributed by atoms with Gasteiger partial charge in [0.05, 0.1) is 17.8 Å². The molecule has 242 valence electrons. The molecule has 2 aliphatic carbocycles. The molecule has 2 saturated carbocycles. The van der Waals surface area contributed by atoms with Crippen molar-refractivity contribution in [1.82, 2.24) is 15.6 Å². The summed E-state index contributed by atoms with van der Waals surface area (Å²) in [6.45, 7) is 14.2. The molecule has 2 heterocycles. The third-order valence-electron chi connectivity index (χ3n) is 9.93. The monoisotopic (exact) mass is 614 g/mol. The molecule has 2 unspecified atom stereocenters. The van der Waals surface area contributed by atoms with E-state index in [9.17, 15) is 18.4 Å². The number of hydrogen-bond donors (Lipinski definition) is 3. The van der Waals surface area contributed by atoms with Crippen LogP contribution in [0.15, 0.2) is 23.0 Å². The zero-order valence-electron chi connectivity index (χ0n) is 26.9. The van der Waals surface area contributed by atoms with Crippen molar-refractivity contribution in [3.8, 4) is 5.75 Å². The van der Waals surface area contributed by atoms with Gasteiger partial charge in [0, 0.05) is 73.6 Å². The minimum atomic E-state index is -2.63. The van der Waals surface area contributed by atoms with E-state index in [1.165, 1.54) is 0 Å². The van der Waals surface area contributed by atoms with Crippen molar-refractivity contribution < 1.29 is 23.0 Å². The van der Waals surface area contributed by atoms with Crippen LogP contribution in [0.25, 0.3) is 0 Å². The van der Waals surface area contributed by atoms with Gasteiger partial charge in [0.25, 0.3) is 11.5 Å². The van der Waals surface area contributed by atoms with E-state index in [-0.39, 0.29) is 54.7 Å². The number of rotatable bonds is 9. The van der Waals surface area contributed by atoms with Gasteiger partial charge in [-0.1, -0.05) is 0 Å². The number of aromatic nitrogens is 1. The maximum absolute atomic E-state index is 14.0. The van der Waals surface area contributed by atoms with Crippen molar-refractivity contribution in [3.05, 3.63) is 56.5 Å². The molecule has 1 aromatic heterocycles. The number of morpholine rings is 1. The highest BCUT2D eigenvalue weighted by atomic mass is 19.3. The van der Waals surface area contributed by atoms with Crippen LogP contribution >= 0.6 is 0 Å². The Kier molecular flexibility index (Phi) is 9.42. The zero-order valence-corrected chi connectivity index (χ0v) is 26.9. The smallest absolute Gasteiger partial charge is 0.253 e. The quantitative estimate of drug-likeness (QED) is 0.343. The summed E-state index contributed by atoms with van der Waals surface area (Å²) < 4.78 is 40.9. The Morgan fingerprint density at radius 3 is 2.50 bits per heavy atom. The lowest BCUT2D eigenvalue weighted by Crippen LogP contribution is -2.59. The van der Waals surface area contributed by atoms with Crippen LogP contribution in [0.1, 0.15) is 92.0 Å². The number of carbonyl (C=O) groups excluding carboxylic acids is 1. The summed E-state index contributed by atoms with van der Waals surface area (Å²) in [5, 5.41) is 6.42. The first kappa shape index (κ1) is 32.4. The number of amides is 1. The van der Waals surface area contributed by atoms with E-state index in [1.807, 2.05) is 39.8 Å². The van der Waals surface area contributed by atoms with Gasteiger partial charge in [-0.2, -0.15) is 0 Å². The van der Waals surface area contributed by atoms with E-state index < -0.39 is 5.92 Å². The van der Waals surface area contributed by atoms with Crippen LogP contribution in [0.5, 0.6) is 5.75 Å². The number of aromatic amines is 1. The molecule has 0 spiro atoms. The number of nitrogens with one attached hydrogen (secondary N) is 3. The van der Waals surface area contributed by atoms with Crippen molar-refractivity contribution >= 4 is 11.6 Å². The Hall–Kier alpha value is -2.98. The van der Waals surface area contributed by atoms with Crippen LogP contribution in [0.2, 0.25) is 0 Å². The maximum atomic E-state index is 14.0. The van der Waals surface area contributed by atoms with Crippen molar-refractivity contribution in [2.75, 3.05) is 24.5 Å². The molecule has 2 atom stereocenters. The molecular weight excluding hydrogens is 566 g/mol. The van der Waals surface area contributed by atoms with Gasteiger partial charge < -0.3 is 30.0 Å². The number of pyridine rings is 1. The van der Waals surface area contributed by atoms with Crippen molar-refractivity contribution in [3.63, 3.8) is 0 Å². The van der Waals surface area contributed by atoms with E-state index in [4.69, 9.17) is 9.47 Å². The number of anilines is 1. The number of alkyl halides is 2. The third-order valence-corrected chi connectivity index (χ3v) is 9.93. The molecule has 44 heavy (non-hydrogen) atoms. The highest BCUT2D eigenvalue weighted by Crippen LogP contribution is 2.43. The molecule has 1 aliphatic heterocycles. The van der Waals surface area contributed by atoms with Gasteiger partial charge >= 0.3 is 0 Å². The highest BCUT2D eigenvalue weighted by Gasteiger charge is 2.47. The Labute approximate surface area is 259 Å². The lowest BCUT2D eigenvalue weighted by Gasteiger charge is -2.49. The summed E-state index contributed by atoms with van der Waals surface area (Å²) in [7, 11) is 0. The summed E-state index contributed by atoms with van der Waals surface area (Å²) >= 11 is 0. The first-order valence-corrected chi connectivity index (χ1v) is 16.1. The Morgan fingerprint density at radius 1 is 1.16 bits per heavy atom. The van der Waals surface area contributed by atoms with Gasteiger partial charge in [-0.25, -0.2) is 8.78 Å². The molecule has 1 aromatic carbocycles. The largest absolute Gasteiger partial charge is 0.490 e. The highest BCUT2D eigenvalue weighted by molar-refractivity contribution is 5.97. The maximum Gasteiger partial charge on any atom is 0.253 e. The van der Waals surface area contributed by atoms with Crippen LogP contribution in [0.3, 0.4) is 0 Å². The number of ether oxygens (including phenoxy) is 2. The first-order chi connectivity index (χ1) is 20.8. The van der Waals surface area contributed by atoms with Crippen LogP contribution in [-0.2, 0) is 11.3 Å². The van der Waals surface area contributed by atoms with E-state index in [0.29, 0.717) is 42.2 Å². The summed E-state index contributed by atoms with van der Waals surface area (Å²) in [6.07, 6.45) is 2.34. The van der Waals surface area contributed by atoms with Crippen LogP contribution in [0.4, 0.5) is 14.5 Å². The number of carbonyl (C=O) groups is 1. The van der Waals surface area contributed by atoms with Gasteiger partial charge in [-0.15, -0.1) is 0 Å². The van der Waals surface area contributed by atoms with E-state index in [1.54, 1.807) is 6.07 Å². The minimum absolute atomic E-state index is 0.0126. The molecule has 0 bridgehead atoms. The second-order valence-corrected chi connectivity index (χ2v) is 13.4. The van der Waals surface area contributed by atoms with Crippen LogP contribution in [-0.4, -0.2) is 60.3 Å². The summed E-state index contributed by atoms with van der Waals surface area (Å²) in [4.78, 5) is 31.2. The predicted octanol–water partition coefficient (Wildman–Crippen LogP) is 5.56. The number of benzene rings is 1. The molecule has 3 aliphatic rings. The summed E-state index contributed by atoms with van der Waals surface area (Å²) in [5.74, 6) is -1.99. The molecule has 2 aromatic rings. The van der Waals surface area contributed by atoms with Crippen molar-refractivity contribution in [2.24, 2.45) is 5.92 Å². The molecule has 1 amide bonds. The second kappa shape index (κ2) is 12.8. The van der Waals surface area contributed by atoms with Gasteiger partial charge in [-0.3, -0.25) is 9.59 Å². The number of H-pyrrole nitrogens is 1.